The fourth-order valence-electron chi connectivity index (χ4n) is 1.82. The van der Waals surface area contributed by atoms with Gasteiger partial charge in [-0.1, -0.05) is 11.6 Å². The molecule has 0 saturated carbocycles. The van der Waals surface area contributed by atoms with Crippen LogP contribution in [0.4, 0.5) is 5.82 Å². The normalized spacial score (nSPS) is 10.3. The third-order valence-corrected chi connectivity index (χ3v) is 3.02. The third kappa shape index (κ3) is 3.04. The molecule has 19 heavy (non-hydrogen) atoms. The monoisotopic (exact) mass is 275 g/mol. The highest BCUT2D eigenvalue weighted by Crippen LogP contribution is 2.19. The zero-order valence-electron chi connectivity index (χ0n) is 11.1. The van der Waals surface area contributed by atoms with E-state index in [-0.39, 0.29) is 0 Å². The zero-order valence-corrected chi connectivity index (χ0v) is 11.8. The largest absolute Gasteiger partial charge is 0.354 e. The Hall–Kier alpha value is -2.06. The van der Waals surface area contributed by atoms with Crippen molar-refractivity contribution in [1.29, 1.82) is 5.26 Å². The van der Waals surface area contributed by atoms with Gasteiger partial charge in [0.25, 0.3) is 0 Å². The highest BCUT2D eigenvalue weighted by Gasteiger charge is 2.11. The lowest BCUT2D eigenvalue weighted by Crippen LogP contribution is -2.19. The molecule has 2 rings (SSSR count). The van der Waals surface area contributed by atoms with E-state index in [0.29, 0.717) is 17.3 Å². The first-order valence-corrected chi connectivity index (χ1v) is 6.15. The molecule has 2 aromatic heterocycles. The highest BCUT2D eigenvalue weighted by molar-refractivity contribution is 6.31. The van der Waals surface area contributed by atoms with Gasteiger partial charge in [-0.15, -0.1) is 0 Å². The summed E-state index contributed by atoms with van der Waals surface area (Å²) in [6.07, 6.45) is 1.76. The number of anilines is 1. The van der Waals surface area contributed by atoms with E-state index in [1.54, 1.807) is 16.9 Å². The van der Waals surface area contributed by atoms with Gasteiger partial charge < -0.3 is 4.90 Å². The van der Waals surface area contributed by atoms with E-state index in [1.807, 2.05) is 32.0 Å². The Morgan fingerprint density at radius 2 is 2.21 bits per heavy atom. The summed E-state index contributed by atoms with van der Waals surface area (Å²) in [6.45, 7) is 2.48. The SMILES string of the molecule is Cc1cc(C#N)nc(N(C)Cc2nn(C)cc2Cl)c1. The van der Waals surface area contributed by atoms with Gasteiger partial charge in [0.15, 0.2) is 0 Å². The number of hydrogen-bond donors (Lipinski definition) is 0. The van der Waals surface area contributed by atoms with Gasteiger partial charge in [-0.05, 0) is 24.6 Å². The smallest absolute Gasteiger partial charge is 0.143 e. The van der Waals surface area contributed by atoms with Crippen LogP contribution in [-0.4, -0.2) is 21.8 Å². The van der Waals surface area contributed by atoms with Crippen molar-refractivity contribution in [2.24, 2.45) is 7.05 Å². The molecule has 0 aliphatic carbocycles. The molecule has 0 aromatic carbocycles. The fraction of sp³-hybridized carbons (Fsp3) is 0.308. The first kappa shape index (κ1) is 13.4. The lowest BCUT2D eigenvalue weighted by molar-refractivity contribution is 0.732. The van der Waals surface area contributed by atoms with Crippen LogP contribution < -0.4 is 4.90 Å². The Bertz CT molecular complexity index is 641. The average Bonchev–Trinajstić information content (AvgIpc) is 2.67. The molecule has 0 atom stereocenters. The van der Waals surface area contributed by atoms with E-state index in [0.717, 1.165) is 17.1 Å². The van der Waals surface area contributed by atoms with Crippen LogP contribution >= 0.6 is 11.6 Å². The second kappa shape index (κ2) is 5.29. The summed E-state index contributed by atoms with van der Waals surface area (Å²) in [4.78, 5) is 6.19. The summed E-state index contributed by atoms with van der Waals surface area (Å²) >= 11 is 6.08. The van der Waals surface area contributed by atoms with E-state index in [4.69, 9.17) is 16.9 Å². The van der Waals surface area contributed by atoms with Crippen molar-refractivity contribution >= 4 is 17.4 Å². The summed E-state index contributed by atoms with van der Waals surface area (Å²) in [7, 11) is 3.72. The second-order valence-electron chi connectivity index (χ2n) is 4.45. The topological polar surface area (TPSA) is 57.7 Å². The van der Waals surface area contributed by atoms with E-state index in [1.165, 1.54) is 0 Å². The lowest BCUT2D eigenvalue weighted by Gasteiger charge is -2.17. The van der Waals surface area contributed by atoms with Crippen molar-refractivity contribution < 1.29 is 0 Å². The van der Waals surface area contributed by atoms with Crippen molar-refractivity contribution in [3.63, 3.8) is 0 Å². The van der Waals surface area contributed by atoms with Crippen LogP contribution in [0.25, 0.3) is 0 Å². The molecule has 6 heteroatoms. The van der Waals surface area contributed by atoms with Crippen molar-refractivity contribution in [3.05, 3.63) is 40.3 Å². The Balaban J connectivity index is 2.25. The van der Waals surface area contributed by atoms with E-state index >= 15 is 0 Å². The molecular weight excluding hydrogens is 262 g/mol. The van der Waals surface area contributed by atoms with Gasteiger partial charge in [-0.25, -0.2) is 4.98 Å². The second-order valence-corrected chi connectivity index (χ2v) is 4.86. The molecule has 0 aliphatic heterocycles. The van der Waals surface area contributed by atoms with Crippen molar-refractivity contribution in [1.82, 2.24) is 14.8 Å². The predicted molar refractivity (Wildman–Crippen MR) is 74.0 cm³/mol. The number of pyridine rings is 1. The fourth-order valence-corrected chi connectivity index (χ4v) is 2.06. The molecule has 2 heterocycles. The molecule has 0 saturated heterocycles. The summed E-state index contributed by atoms with van der Waals surface area (Å²) in [5.74, 6) is 0.735. The average molecular weight is 276 g/mol. The van der Waals surface area contributed by atoms with Crippen LogP contribution in [0.5, 0.6) is 0 Å². The van der Waals surface area contributed by atoms with E-state index in [2.05, 4.69) is 16.2 Å². The Kier molecular flexibility index (Phi) is 3.72. The molecule has 98 valence electrons. The van der Waals surface area contributed by atoms with Gasteiger partial charge in [0, 0.05) is 20.3 Å². The molecule has 0 unspecified atom stereocenters. The van der Waals surface area contributed by atoms with Crippen molar-refractivity contribution in [2.75, 3.05) is 11.9 Å². The molecule has 0 bridgehead atoms. The molecule has 2 aromatic rings. The highest BCUT2D eigenvalue weighted by atomic mass is 35.5. The maximum absolute atomic E-state index is 8.94. The predicted octanol–water partition coefficient (Wildman–Crippen LogP) is 2.29. The van der Waals surface area contributed by atoms with E-state index in [9.17, 15) is 0 Å². The molecule has 0 radical (unpaired) electrons. The van der Waals surface area contributed by atoms with Crippen LogP contribution in [0.1, 0.15) is 17.0 Å². The summed E-state index contributed by atoms with van der Waals surface area (Å²) in [5, 5.41) is 13.9. The Morgan fingerprint density at radius 1 is 1.47 bits per heavy atom. The Labute approximate surface area is 117 Å². The van der Waals surface area contributed by atoms with E-state index < -0.39 is 0 Å². The first-order valence-electron chi connectivity index (χ1n) is 5.77. The van der Waals surface area contributed by atoms with Gasteiger partial charge in [-0.3, -0.25) is 4.68 Å². The van der Waals surface area contributed by atoms with Gasteiger partial charge in [0.2, 0.25) is 0 Å². The van der Waals surface area contributed by atoms with Crippen LogP contribution in [-0.2, 0) is 13.6 Å². The van der Waals surface area contributed by atoms with Crippen LogP contribution in [0.2, 0.25) is 5.02 Å². The van der Waals surface area contributed by atoms with Crippen LogP contribution in [0.15, 0.2) is 18.3 Å². The van der Waals surface area contributed by atoms with Gasteiger partial charge in [0.05, 0.1) is 11.6 Å². The quantitative estimate of drug-likeness (QED) is 0.862. The first-order chi connectivity index (χ1) is 8.99. The van der Waals surface area contributed by atoms with Crippen LogP contribution in [0, 0.1) is 18.3 Å². The Morgan fingerprint density at radius 3 is 2.79 bits per heavy atom. The van der Waals surface area contributed by atoms with Gasteiger partial charge >= 0.3 is 0 Å². The number of rotatable bonds is 3. The van der Waals surface area contributed by atoms with Crippen LogP contribution in [0.3, 0.4) is 0 Å². The van der Waals surface area contributed by atoms with Crippen molar-refractivity contribution in [3.8, 4) is 6.07 Å². The molecule has 0 fully saturated rings. The summed E-state index contributed by atoms with van der Waals surface area (Å²) < 4.78 is 1.68. The maximum Gasteiger partial charge on any atom is 0.143 e. The minimum absolute atomic E-state index is 0.411. The molecular formula is C13H14ClN5. The standard InChI is InChI=1S/C13H14ClN5/c1-9-4-10(6-15)16-13(5-9)18(2)8-12-11(14)7-19(3)17-12/h4-5,7H,8H2,1-3H3. The number of aromatic nitrogens is 3. The number of aryl methyl sites for hydroxylation is 2. The third-order valence-electron chi connectivity index (χ3n) is 2.70. The zero-order chi connectivity index (χ0) is 14.0. The number of hydrogen-bond acceptors (Lipinski definition) is 4. The molecule has 0 aliphatic rings. The molecule has 5 nitrogen and oxygen atoms in total. The number of nitrogens with zero attached hydrogens (tertiary/aromatic N) is 5. The van der Waals surface area contributed by atoms with Crippen molar-refractivity contribution in [2.45, 2.75) is 13.5 Å². The number of nitriles is 1. The summed E-state index contributed by atoms with van der Waals surface area (Å²) in [5.41, 5.74) is 2.20. The molecule has 0 spiro atoms. The van der Waals surface area contributed by atoms with Gasteiger partial charge in [0.1, 0.15) is 23.3 Å². The minimum atomic E-state index is 0.411. The van der Waals surface area contributed by atoms with Gasteiger partial charge in [-0.2, -0.15) is 10.4 Å². The lowest BCUT2D eigenvalue weighted by atomic mass is 10.2. The number of halogens is 1. The molecule has 0 amide bonds. The maximum atomic E-state index is 8.94. The minimum Gasteiger partial charge on any atom is -0.354 e. The summed E-state index contributed by atoms with van der Waals surface area (Å²) in [6, 6.07) is 5.74. The molecule has 0 N–H and O–H groups in total.